The molecule has 1 amide bonds. The van der Waals surface area contributed by atoms with Crippen molar-refractivity contribution in [3.8, 4) is 5.75 Å². The van der Waals surface area contributed by atoms with E-state index in [0.717, 1.165) is 37.5 Å². The number of ether oxygens (including phenoxy) is 1. The molecule has 1 aliphatic rings. The molecule has 1 aromatic carbocycles. The first-order valence-corrected chi connectivity index (χ1v) is 8.78. The Bertz CT molecular complexity index is 741. The molecule has 3 rings (SSSR count). The Morgan fingerprint density at radius 2 is 1.72 bits per heavy atom. The maximum absolute atomic E-state index is 12.6. The second-order valence-corrected chi connectivity index (χ2v) is 6.70. The van der Waals surface area contributed by atoms with Gasteiger partial charge in [-0.05, 0) is 49.7 Å². The molecule has 2 heterocycles. The third-order valence-corrected chi connectivity index (χ3v) is 5.29. The Balaban J connectivity index is 1.57. The van der Waals surface area contributed by atoms with Crippen molar-refractivity contribution in [3.63, 3.8) is 0 Å². The molecule has 1 saturated heterocycles. The summed E-state index contributed by atoms with van der Waals surface area (Å²) in [4.78, 5) is 17.0. The summed E-state index contributed by atoms with van der Waals surface area (Å²) >= 11 is 0. The number of carbonyl (C=O) groups excluding carboxylic acids is 1. The van der Waals surface area contributed by atoms with Crippen molar-refractivity contribution in [2.24, 2.45) is 7.05 Å². The molecule has 25 heavy (non-hydrogen) atoms. The predicted octanol–water partition coefficient (Wildman–Crippen LogP) is 2.54. The molecule has 0 radical (unpaired) electrons. The molecule has 1 aliphatic heterocycles. The van der Waals surface area contributed by atoms with Crippen molar-refractivity contribution in [2.75, 3.05) is 38.2 Å². The van der Waals surface area contributed by atoms with Gasteiger partial charge >= 0.3 is 0 Å². The monoisotopic (exact) mass is 341 g/mol. The van der Waals surface area contributed by atoms with Crippen molar-refractivity contribution < 1.29 is 9.53 Å². The molecule has 1 aromatic heterocycles. The summed E-state index contributed by atoms with van der Waals surface area (Å²) in [6, 6.07) is 10.2. The first kappa shape index (κ1) is 17.4. The Kier molecular flexibility index (Phi) is 5.02. The Morgan fingerprint density at radius 1 is 1.08 bits per heavy atom. The molecule has 0 aliphatic carbocycles. The zero-order valence-corrected chi connectivity index (χ0v) is 15.6. The number of methoxy groups -OCH3 is 1. The lowest BCUT2D eigenvalue weighted by atomic mass is 10.1. The van der Waals surface area contributed by atoms with E-state index in [1.54, 1.807) is 7.11 Å². The van der Waals surface area contributed by atoms with E-state index in [9.17, 15) is 4.79 Å². The van der Waals surface area contributed by atoms with Gasteiger partial charge in [0.05, 0.1) is 13.5 Å². The summed E-state index contributed by atoms with van der Waals surface area (Å²) in [6.07, 6.45) is 0.496. The summed E-state index contributed by atoms with van der Waals surface area (Å²) < 4.78 is 7.35. The Hall–Kier alpha value is -2.43. The van der Waals surface area contributed by atoms with Crippen LogP contribution in [0.4, 0.5) is 5.69 Å². The zero-order chi connectivity index (χ0) is 18.0. The van der Waals surface area contributed by atoms with E-state index in [4.69, 9.17) is 4.74 Å². The van der Waals surface area contributed by atoms with Gasteiger partial charge in [0.15, 0.2) is 0 Å². The minimum atomic E-state index is 0.225. The molecule has 0 N–H and O–H groups in total. The molecule has 134 valence electrons. The fourth-order valence-corrected chi connectivity index (χ4v) is 3.39. The van der Waals surface area contributed by atoms with Crippen LogP contribution in [0.3, 0.4) is 0 Å². The Labute approximate surface area is 149 Å². The van der Waals surface area contributed by atoms with E-state index < -0.39 is 0 Å². The highest BCUT2D eigenvalue weighted by Gasteiger charge is 2.22. The molecule has 0 saturated carbocycles. The molecular weight excluding hydrogens is 314 g/mol. The van der Waals surface area contributed by atoms with Gasteiger partial charge in [-0.2, -0.15) is 0 Å². The number of carbonyl (C=O) groups is 1. The van der Waals surface area contributed by atoms with Gasteiger partial charge in [-0.1, -0.05) is 0 Å². The largest absolute Gasteiger partial charge is 0.497 e. The van der Waals surface area contributed by atoms with E-state index in [2.05, 4.69) is 41.5 Å². The molecular formula is C20H27N3O2. The number of aromatic nitrogens is 1. The van der Waals surface area contributed by atoms with Gasteiger partial charge in [-0.25, -0.2) is 0 Å². The fourth-order valence-electron chi connectivity index (χ4n) is 3.39. The molecule has 5 heteroatoms. The topological polar surface area (TPSA) is 37.7 Å². The van der Waals surface area contributed by atoms with E-state index >= 15 is 0 Å². The van der Waals surface area contributed by atoms with Crippen LogP contribution in [-0.4, -0.2) is 48.7 Å². The van der Waals surface area contributed by atoms with Gasteiger partial charge in [0.1, 0.15) is 5.75 Å². The Morgan fingerprint density at radius 3 is 2.24 bits per heavy atom. The van der Waals surface area contributed by atoms with Crippen molar-refractivity contribution in [1.82, 2.24) is 9.47 Å². The summed E-state index contributed by atoms with van der Waals surface area (Å²) in [7, 11) is 3.72. The number of anilines is 1. The average molecular weight is 341 g/mol. The lowest BCUT2D eigenvalue weighted by Gasteiger charge is -2.36. The second kappa shape index (κ2) is 7.21. The smallest absolute Gasteiger partial charge is 0.227 e. The van der Waals surface area contributed by atoms with Gasteiger partial charge in [0.25, 0.3) is 0 Å². The summed E-state index contributed by atoms with van der Waals surface area (Å²) in [5.41, 5.74) is 4.71. The number of amides is 1. The van der Waals surface area contributed by atoms with Crippen LogP contribution in [0.25, 0.3) is 0 Å². The van der Waals surface area contributed by atoms with Crippen LogP contribution >= 0.6 is 0 Å². The van der Waals surface area contributed by atoms with E-state index in [1.165, 1.54) is 17.1 Å². The minimum absolute atomic E-state index is 0.225. The molecule has 0 spiro atoms. The number of piperazine rings is 1. The third kappa shape index (κ3) is 3.65. The number of hydrogen-bond acceptors (Lipinski definition) is 3. The van der Waals surface area contributed by atoms with E-state index in [-0.39, 0.29) is 5.91 Å². The summed E-state index contributed by atoms with van der Waals surface area (Å²) in [5.74, 6) is 1.09. The highest BCUT2D eigenvalue weighted by molar-refractivity contribution is 5.79. The molecule has 0 bridgehead atoms. The number of rotatable bonds is 4. The number of hydrogen-bond donors (Lipinski definition) is 0. The maximum atomic E-state index is 12.6. The highest BCUT2D eigenvalue weighted by Crippen LogP contribution is 2.21. The van der Waals surface area contributed by atoms with Gasteiger partial charge < -0.3 is 19.1 Å². The SMILES string of the molecule is COc1ccc(N2CCN(C(=O)Cc3cc(C)n(C)c3C)CC2)cc1. The molecule has 2 aromatic rings. The quantitative estimate of drug-likeness (QED) is 0.858. The molecule has 5 nitrogen and oxygen atoms in total. The van der Waals surface area contributed by atoms with Crippen LogP contribution in [-0.2, 0) is 18.3 Å². The average Bonchev–Trinajstić information content (AvgIpc) is 2.88. The first-order chi connectivity index (χ1) is 12.0. The van der Waals surface area contributed by atoms with Crippen LogP contribution in [0.5, 0.6) is 5.75 Å². The molecule has 0 atom stereocenters. The summed E-state index contributed by atoms with van der Waals surface area (Å²) in [6.45, 7) is 7.44. The number of benzene rings is 1. The van der Waals surface area contributed by atoms with Crippen molar-refractivity contribution in [3.05, 3.63) is 47.3 Å². The van der Waals surface area contributed by atoms with Crippen molar-refractivity contribution in [2.45, 2.75) is 20.3 Å². The van der Waals surface area contributed by atoms with E-state index in [1.807, 2.05) is 24.1 Å². The van der Waals surface area contributed by atoms with E-state index in [0.29, 0.717) is 6.42 Å². The maximum Gasteiger partial charge on any atom is 0.227 e. The lowest BCUT2D eigenvalue weighted by Crippen LogP contribution is -2.49. The van der Waals surface area contributed by atoms with Crippen LogP contribution in [0.1, 0.15) is 17.0 Å². The number of aryl methyl sites for hydroxylation is 1. The van der Waals surface area contributed by atoms with Gasteiger partial charge in [-0.3, -0.25) is 4.79 Å². The fraction of sp³-hybridized carbons (Fsp3) is 0.450. The predicted molar refractivity (Wildman–Crippen MR) is 100 cm³/mol. The standard InChI is InChI=1S/C20H27N3O2/c1-15-13-17(16(2)21(15)3)14-20(24)23-11-9-22(10-12-23)18-5-7-19(25-4)8-6-18/h5-8,13H,9-12,14H2,1-4H3. The van der Waals surface area contributed by atoms with Gasteiger partial charge in [-0.15, -0.1) is 0 Å². The molecule has 1 fully saturated rings. The lowest BCUT2D eigenvalue weighted by molar-refractivity contribution is -0.130. The van der Waals surface area contributed by atoms with Crippen LogP contribution < -0.4 is 9.64 Å². The molecule has 0 unspecified atom stereocenters. The van der Waals surface area contributed by atoms with Gasteiger partial charge in [0.2, 0.25) is 5.91 Å². The minimum Gasteiger partial charge on any atom is -0.497 e. The van der Waals surface area contributed by atoms with Gasteiger partial charge in [0, 0.05) is 50.3 Å². The number of nitrogens with zero attached hydrogens (tertiary/aromatic N) is 3. The van der Waals surface area contributed by atoms with Crippen molar-refractivity contribution in [1.29, 1.82) is 0 Å². The van der Waals surface area contributed by atoms with Crippen LogP contribution in [0.15, 0.2) is 30.3 Å². The third-order valence-electron chi connectivity index (χ3n) is 5.29. The van der Waals surface area contributed by atoms with Crippen molar-refractivity contribution >= 4 is 11.6 Å². The zero-order valence-electron chi connectivity index (χ0n) is 15.6. The van der Waals surface area contributed by atoms with Crippen LogP contribution in [0, 0.1) is 13.8 Å². The first-order valence-electron chi connectivity index (χ1n) is 8.78. The summed E-state index contributed by atoms with van der Waals surface area (Å²) in [5, 5.41) is 0. The van der Waals surface area contributed by atoms with Crippen LogP contribution in [0.2, 0.25) is 0 Å². The second-order valence-electron chi connectivity index (χ2n) is 6.70. The normalized spacial score (nSPS) is 14.7. The highest BCUT2D eigenvalue weighted by atomic mass is 16.5.